The minimum Gasteiger partial charge on any atom is -0.497 e. The van der Waals surface area contributed by atoms with Gasteiger partial charge in [-0.3, -0.25) is 9.59 Å². The standard InChI is InChI=1S/C22H26N2O3/c1-14(2)18-10-5-7-15(3)19(18)24-21(26)22(11-12-22)20(25)23-16-8-6-9-17(13-16)27-4/h5-10,13-14H,11-12H2,1-4H3,(H,23,25)(H,24,26). The van der Waals surface area contributed by atoms with E-state index in [1.54, 1.807) is 31.4 Å². The van der Waals surface area contributed by atoms with Crippen LogP contribution in [0.3, 0.4) is 0 Å². The summed E-state index contributed by atoms with van der Waals surface area (Å²) in [7, 11) is 1.57. The number of methoxy groups -OCH3 is 1. The fourth-order valence-electron chi connectivity index (χ4n) is 3.21. The third-order valence-electron chi connectivity index (χ3n) is 5.11. The molecular weight excluding hydrogens is 340 g/mol. The van der Waals surface area contributed by atoms with Crippen LogP contribution in [0.2, 0.25) is 0 Å². The number of rotatable bonds is 6. The zero-order valence-electron chi connectivity index (χ0n) is 16.3. The molecule has 0 aromatic heterocycles. The van der Waals surface area contributed by atoms with Gasteiger partial charge in [-0.05, 0) is 48.9 Å². The number of anilines is 2. The Bertz CT molecular complexity index is 870. The van der Waals surface area contributed by atoms with Crippen molar-refractivity contribution >= 4 is 23.2 Å². The van der Waals surface area contributed by atoms with Crippen LogP contribution < -0.4 is 15.4 Å². The second kappa shape index (κ2) is 7.43. The molecule has 0 atom stereocenters. The summed E-state index contributed by atoms with van der Waals surface area (Å²) >= 11 is 0. The predicted molar refractivity (Wildman–Crippen MR) is 107 cm³/mol. The average Bonchev–Trinajstić information content (AvgIpc) is 3.45. The Labute approximate surface area is 160 Å². The normalized spacial score (nSPS) is 14.6. The first kappa shape index (κ1) is 19.0. The lowest BCUT2D eigenvalue weighted by atomic mass is 9.97. The van der Waals surface area contributed by atoms with Crippen LogP contribution in [0, 0.1) is 12.3 Å². The van der Waals surface area contributed by atoms with Gasteiger partial charge in [0.15, 0.2) is 0 Å². The molecule has 0 radical (unpaired) electrons. The molecule has 2 aromatic carbocycles. The van der Waals surface area contributed by atoms with E-state index < -0.39 is 5.41 Å². The Hall–Kier alpha value is -2.82. The van der Waals surface area contributed by atoms with Crippen LogP contribution in [0.5, 0.6) is 5.75 Å². The highest BCUT2D eigenvalue weighted by molar-refractivity contribution is 6.17. The maximum atomic E-state index is 13.0. The summed E-state index contributed by atoms with van der Waals surface area (Å²) in [5, 5.41) is 5.89. The van der Waals surface area contributed by atoms with Gasteiger partial charge >= 0.3 is 0 Å². The van der Waals surface area contributed by atoms with E-state index >= 15 is 0 Å². The second-order valence-corrected chi connectivity index (χ2v) is 7.42. The molecule has 5 nitrogen and oxygen atoms in total. The molecule has 0 heterocycles. The van der Waals surface area contributed by atoms with Crippen molar-refractivity contribution in [3.05, 3.63) is 53.6 Å². The maximum Gasteiger partial charge on any atom is 0.240 e. The molecule has 1 saturated carbocycles. The van der Waals surface area contributed by atoms with Crippen LogP contribution >= 0.6 is 0 Å². The smallest absolute Gasteiger partial charge is 0.240 e. The number of ether oxygens (including phenoxy) is 1. The van der Waals surface area contributed by atoms with Crippen LogP contribution in [0.15, 0.2) is 42.5 Å². The molecule has 0 unspecified atom stereocenters. The van der Waals surface area contributed by atoms with Crippen molar-refractivity contribution in [2.24, 2.45) is 5.41 Å². The van der Waals surface area contributed by atoms with Gasteiger partial charge < -0.3 is 15.4 Å². The molecule has 1 fully saturated rings. The second-order valence-electron chi connectivity index (χ2n) is 7.42. The van der Waals surface area contributed by atoms with Gasteiger partial charge in [-0.2, -0.15) is 0 Å². The summed E-state index contributed by atoms with van der Waals surface area (Å²) in [5.41, 5.74) is 2.51. The molecule has 1 aliphatic rings. The van der Waals surface area contributed by atoms with E-state index in [4.69, 9.17) is 4.74 Å². The first-order valence-electron chi connectivity index (χ1n) is 9.24. The van der Waals surface area contributed by atoms with Crippen molar-refractivity contribution in [1.29, 1.82) is 0 Å². The van der Waals surface area contributed by atoms with Crippen LogP contribution in [0.25, 0.3) is 0 Å². The topological polar surface area (TPSA) is 67.4 Å². The van der Waals surface area contributed by atoms with Crippen molar-refractivity contribution in [1.82, 2.24) is 0 Å². The number of benzene rings is 2. The quantitative estimate of drug-likeness (QED) is 0.741. The molecule has 27 heavy (non-hydrogen) atoms. The van der Waals surface area contributed by atoms with Gasteiger partial charge in [0, 0.05) is 17.4 Å². The highest BCUT2D eigenvalue weighted by Crippen LogP contribution is 2.48. The summed E-state index contributed by atoms with van der Waals surface area (Å²) in [6.45, 7) is 6.15. The van der Waals surface area contributed by atoms with Crippen molar-refractivity contribution in [3.63, 3.8) is 0 Å². The zero-order chi connectivity index (χ0) is 19.6. The molecule has 0 saturated heterocycles. The highest BCUT2D eigenvalue weighted by atomic mass is 16.5. The number of carbonyl (C=O) groups is 2. The molecular formula is C22H26N2O3. The van der Waals surface area contributed by atoms with E-state index in [1.807, 2.05) is 25.1 Å². The van der Waals surface area contributed by atoms with Gasteiger partial charge in [0.05, 0.1) is 7.11 Å². The van der Waals surface area contributed by atoms with Crippen LogP contribution in [0.4, 0.5) is 11.4 Å². The molecule has 5 heteroatoms. The Kier molecular flexibility index (Phi) is 5.22. The molecule has 0 aliphatic heterocycles. The van der Waals surface area contributed by atoms with E-state index in [2.05, 4.69) is 24.5 Å². The lowest BCUT2D eigenvalue weighted by Crippen LogP contribution is -2.36. The Morgan fingerprint density at radius 3 is 2.33 bits per heavy atom. The summed E-state index contributed by atoms with van der Waals surface area (Å²) in [6, 6.07) is 13.1. The molecule has 1 aliphatic carbocycles. The fraction of sp³-hybridized carbons (Fsp3) is 0.364. The number of para-hydroxylation sites is 1. The minimum absolute atomic E-state index is 0.237. The molecule has 2 N–H and O–H groups in total. The Morgan fingerprint density at radius 2 is 1.70 bits per heavy atom. The predicted octanol–water partition coefficient (Wildman–Crippen LogP) is 4.48. The maximum absolute atomic E-state index is 13.0. The van der Waals surface area contributed by atoms with Gasteiger partial charge in [-0.15, -0.1) is 0 Å². The lowest BCUT2D eigenvalue weighted by Gasteiger charge is -2.20. The Balaban J connectivity index is 1.78. The first-order valence-corrected chi connectivity index (χ1v) is 9.24. The van der Waals surface area contributed by atoms with Crippen LogP contribution in [0.1, 0.15) is 43.7 Å². The van der Waals surface area contributed by atoms with E-state index in [0.717, 1.165) is 16.8 Å². The van der Waals surface area contributed by atoms with Gasteiger partial charge in [0.1, 0.15) is 11.2 Å². The van der Waals surface area contributed by atoms with E-state index in [1.165, 1.54) is 0 Å². The van der Waals surface area contributed by atoms with Crippen molar-refractivity contribution < 1.29 is 14.3 Å². The van der Waals surface area contributed by atoms with E-state index in [0.29, 0.717) is 24.3 Å². The number of amides is 2. The third-order valence-corrected chi connectivity index (χ3v) is 5.11. The number of hydrogen-bond acceptors (Lipinski definition) is 3. The molecule has 2 aromatic rings. The van der Waals surface area contributed by atoms with Gasteiger partial charge in [0.25, 0.3) is 0 Å². The van der Waals surface area contributed by atoms with Crippen molar-refractivity contribution in [3.8, 4) is 5.75 Å². The minimum atomic E-state index is -1.00. The number of nitrogens with one attached hydrogen (secondary N) is 2. The third kappa shape index (κ3) is 3.82. The highest BCUT2D eigenvalue weighted by Gasteiger charge is 2.56. The lowest BCUT2D eigenvalue weighted by molar-refractivity contribution is -0.131. The van der Waals surface area contributed by atoms with Crippen LogP contribution in [-0.4, -0.2) is 18.9 Å². The van der Waals surface area contributed by atoms with Crippen molar-refractivity contribution in [2.45, 2.75) is 39.5 Å². The summed E-state index contributed by atoms with van der Waals surface area (Å²) in [6.07, 6.45) is 1.11. The number of aryl methyl sites for hydroxylation is 1. The molecule has 0 bridgehead atoms. The summed E-state index contributed by atoms with van der Waals surface area (Å²) in [4.78, 5) is 25.8. The first-order chi connectivity index (χ1) is 12.9. The number of hydrogen-bond donors (Lipinski definition) is 2. The molecule has 2 amide bonds. The fourth-order valence-corrected chi connectivity index (χ4v) is 3.21. The van der Waals surface area contributed by atoms with E-state index in [-0.39, 0.29) is 17.7 Å². The molecule has 0 spiro atoms. The average molecular weight is 366 g/mol. The van der Waals surface area contributed by atoms with Crippen LogP contribution in [-0.2, 0) is 9.59 Å². The largest absolute Gasteiger partial charge is 0.497 e. The monoisotopic (exact) mass is 366 g/mol. The van der Waals surface area contributed by atoms with Gasteiger partial charge in [0.2, 0.25) is 11.8 Å². The SMILES string of the molecule is COc1cccc(NC(=O)C2(C(=O)Nc3c(C)cccc3C(C)C)CC2)c1. The van der Waals surface area contributed by atoms with Gasteiger partial charge in [-0.1, -0.05) is 38.1 Å². The van der Waals surface area contributed by atoms with Crippen molar-refractivity contribution in [2.75, 3.05) is 17.7 Å². The zero-order valence-corrected chi connectivity index (χ0v) is 16.3. The summed E-state index contributed by atoms with van der Waals surface area (Å²) in [5.74, 6) is 0.427. The summed E-state index contributed by atoms with van der Waals surface area (Å²) < 4.78 is 5.18. The van der Waals surface area contributed by atoms with E-state index in [9.17, 15) is 9.59 Å². The molecule has 142 valence electrons. The number of carbonyl (C=O) groups excluding carboxylic acids is 2. The molecule has 3 rings (SSSR count). The van der Waals surface area contributed by atoms with Gasteiger partial charge in [-0.25, -0.2) is 0 Å². The Morgan fingerprint density at radius 1 is 1.04 bits per heavy atom.